The number of nitrogens with zero attached hydrogens (tertiary/aromatic N) is 1. The van der Waals surface area contributed by atoms with Gasteiger partial charge < -0.3 is 0 Å². The second-order valence-corrected chi connectivity index (χ2v) is 8.85. The third kappa shape index (κ3) is 2.25. The maximum atomic E-state index is 12.6. The van der Waals surface area contributed by atoms with E-state index >= 15 is 0 Å². The lowest BCUT2D eigenvalue weighted by Gasteiger charge is -2.16. The number of benzene rings is 1. The van der Waals surface area contributed by atoms with Crippen molar-refractivity contribution in [1.82, 2.24) is 4.90 Å². The molecule has 0 radical (unpaired) electrons. The smallest absolute Gasteiger partial charge is 0.170 e. The van der Waals surface area contributed by atoms with Gasteiger partial charge in [0.05, 0.1) is 8.26 Å². The minimum absolute atomic E-state index is 0.152. The molecule has 0 bridgehead atoms. The second kappa shape index (κ2) is 5.30. The SMILES string of the molecule is O=C1c2c(sc(Br)c2Br)C2CN(Cc3ccccc3)CC12. The molecule has 2 aromatic rings. The molecule has 1 aliphatic carbocycles. The molecular weight excluding hydrogens is 414 g/mol. The van der Waals surface area contributed by atoms with Gasteiger partial charge in [0.15, 0.2) is 5.78 Å². The molecule has 0 spiro atoms. The summed E-state index contributed by atoms with van der Waals surface area (Å²) in [7, 11) is 0. The van der Waals surface area contributed by atoms with Crippen LogP contribution in [0.1, 0.15) is 26.7 Å². The molecular formula is C16H13Br2NOS. The topological polar surface area (TPSA) is 20.3 Å². The van der Waals surface area contributed by atoms with Gasteiger partial charge in [0, 0.05) is 41.9 Å². The molecule has 0 N–H and O–H groups in total. The zero-order valence-electron chi connectivity index (χ0n) is 11.2. The second-order valence-electron chi connectivity index (χ2n) is 5.69. The summed E-state index contributed by atoms with van der Waals surface area (Å²) in [5, 5.41) is 0. The van der Waals surface area contributed by atoms with Crippen LogP contribution in [0.3, 0.4) is 0 Å². The van der Waals surface area contributed by atoms with Gasteiger partial charge in [-0.05, 0) is 37.4 Å². The zero-order chi connectivity index (χ0) is 14.6. The molecule has 5 heteroatoms. The maximum absolute atomic E-state index is 12.6. The summed E-state index contributed by atoms with van der Waals surface area (Å²) in [6.45, 7) is 2.80. The third-order valence-corrected chi connectivity index (χ3v) is 7.98. The van der Waals surface area contributed by atoms with E-state index in [1.807, 2.05) is 6.07 Å². The van der Waals surface area contributed by atoms with E-state index in [2.05, 4.69) is 61.0 Å². The van der Waals surface area contributed by atoms with Crippen LogP contribution in [0.25, 0.3) is 0 Å². The van der Waals surface area contributed by atoms with E-state index in [1.54, 1.807) is 11.3 Å². The Hall–Kier alpha value is -0.490. The first-order valence-corrected chi connectivity index (χ1v) is 9.33. The Morgan fingerprint density at radius 2 is 1.86 bits per heavy atom. The highest BCUT2D eigenvalue weighted by atomic mass is 79.9. The quantitative estimate of drug-likeness (QED) is 0.694. The highest BCUT2D eigenvalue weighted by Crippen LogP contribution is 2.52. The maximum Gasteiger partial charge on any atom is 0.170 e. The van der Waals surface area contributed by atoms with E-state index in [1.165, 1.54) is 10.4 Å². The van der Waals surface area contributed by atoms with Gasteiger partial charge in [-0.3, -0.25) is 9.69 Å². The van der Waals surface area contributed by atoms with Crippen LogP contribution in [0, 0.1) is 5.92 Å². The van der Waals surface area contributed by atoms with E-state index in [0.717, 1.165) is 33.5 Å². The molecule has 2 aliphatic rings. The minimum atomic E-state index is 0.152. The lowest BCUT2D eigenvalue weighted by atomic mass is 9.99. The lowest BCUT2D eigenvalue weighted by Crippen LogP contribution is -2.22. The molecule has 1 aromatic heterocycles. The first kappa shape index (κ1) is 14.1. The molecule has 1 aromatic carbocycles. The number of fused-ring (bicyclic) bond motifs is 3. The Morgan fingerprint density at radius 3 is 2.62 bits per heavy atom. The number of likely N-dealkylation sites (tertiary alicyclic amines) is 1. The summed E-state index contributed by atoms with van der Waals surface area (Å²) >= 11 is 8.80. The van der Waals surface area contributed by atoms with Crippen molar-refractivity contribution in [3.05, 3.63) is 54.6 Å². The van der Waals surface area contributed by atoms with E-state index in [-0.39, 0.29) is 5.92 Å². The Morgan fingerprint density at radius 1 is 1.14 bits per heavy atom. The summed E-state index contributed by atoms with van der Waals surface area (Å²) in [4.78, 5) is 16.3. The molecule has 2 nitrogen and oxygen atoms in total. The van der Waals surface area contributed by atoms with Crippen molar-refractivity contribution in [1.29, 1.82) is 0 Å². The number of hydrogen-bond acceptors (Lipinski definition) is 3. The predicted molar refractivity (Wildman–Crippen MR) is 92.0 cm³/mol. The van der Waals surface area contributed by atoms with Crippen LogP contribution >= 0.6 is 43.2 Å². The summed E-state index contributed by atoms with van der Waals surface area (Å²) in [5.41, 5.74) is 2.25. The summed E-state index contributed by atoms with van der Waals surface area (Å²) in [6, 6.07) is 10.5. The fraction of sp³-hybridized carbons (Fsp3) is 0.312. The normalized spacial score (nSPS) is 24.4. The van der Waals surface area contributed by atoms with Gasteiger partial charge in [0.1, 0.15) is 0 Å². The van der Waals surface area contributed by atoms with Gasteiger partial charge in [-0.15, -0.1) is 11.3 Å². The first-order valence-electron chi connectivity index (χ1n) is 6.93. The van der Waals surface area contributed by atoms with E-state index in [0.29, 0.717) is 11.7 Å². The number of carbonyl (C=O) groups excluding carboxylic acids is 1. The summed E-state index contributed by atoms with van der Waals surface area (Å²) < 4.78 is 2.00. The first-order chi connectivity index (χ1) is 10.1. The minimum Gasteiger partial charge on any atom is -0.298 e. The number of carbonyl (C=O) groups is 1. The molecule has 4 rings (SSSR count). The predicted octanol–water partition coefficient (Wildman–Crippen LogP) is 4.69. The number of hydrogen-bond donors (Lipinski definition) is 0. The van der Waals surface area contributed by atoms with Crippen LogP contribution in [0.15, 0.2) is 38.6 Å². The monoisotopic (exact) mass is 425 g/mol. The third-order valence-electron chi connectivity index (χ3n) is 4.40. The van der Waals surface area contributed by atoms with Crippen molar-refractivity contribution in [2.24, 2.45) is 5.92 Å². The van der Waals surface area contributed by atoms with E-state index < -0.39 is 0 Å². The van der Waals surface area contributed by atoms with Gasteiger partial charge in [-0.2, -0.15) is 0 Å². The molecule has 2 unspecified atom stereocenters. The van der Waals surface area contributed by atoms with Crippen molar-refractivity contribution in [3.63, 3.8) is 0 Å². The van der Waals surface area contributed by atoms with Crippen molar-refractivity contribution in [3.8, 4) is 0 Å². The Bertz CT molecular complexity index is 713. The van der Waals surface area contributed by atoms with Gasteiger partial charge in [0.25, 0.3) is 0 Å². The Kier molecular flexibility index (Phi) is 3.57. The number of ketones is 1. The molecule has 0 amide bonds. The summed E-state index contributed by atoms with van der Waals surface area (Å²) in [5.74, 6) is 0.850. The van der Waals surface area contributed by atoms with Crippen molar-refractivity contribution in [2.75, 3.05) is 13.1 Å². The highest BCUT2D eigenvalue weighted by molar-refractivity contribution is 9.13. The molecule has 108 valence electrons. The molecule has 1 fully saturated rings. The number of rotatable bonds is 2. The Labute approximate surface area is 144 Å². The van der Waals surface area contributed by atoms with Crippen LogP contribution in [0.5, 0.6) is 0 Å². The zero-order valence-corrected chi connectivity index (χ0v) is 15.2. The molecule has 2 atom stereocenters. The van der Waals surface area contributed by atoms with E-state index in [9.17, 15) is 4.79 Å². The molecule has 2 heterocycles. The molecule has 1 saturated heterocycles. The van der Waals surface area contributed by atoms with Gasteiger partial charge >= 0.3 is 0 Å². The van der Waals surface area contributed by atoms with Crippen LogP contribution in [0.2, 0.25) is 0 Å². The molecule has 21 heavy (non-hydrogen) atoms. The number of thiophene rings is 1. The molecule has 1 aliphatic heterocycles. The number of halogens is 2. The largest absolute Gasteiger partial charge is 0.298 e. The van der Waals surface area contributed by atoms with Crippen molar-refractivity contribution in [2.45, 2.75) is 12.5 Å². The molecule has 0 saturated carbocycles. The van der Waals surface area contributed by atoms with Gasteiger partial charge in [-0.1, -0.05) is 30.3 Å². The van der Waals surface area contributed by atoms with Crippen molar-refractivity contribution >= 4 is 49.0 Å². The Balaban J connectivity index is 1.58. The van der Waals surface area contributed by atoms with Crippen LogP contribution in [-0.4, -0.2) is 23.8 Å². The fourth-order valence-electron chi connectivity index (χ4n) is 3.46. The number of Topliss-reactive ketones (excluding diaryl/α,β-unsaturated/α-hetero) is 1. The van der Waals surface area contributed by atoms with Crippen LogP contribution in [0.4, 0.5) is 0 Å². The standard InChI is InChI=1S/C16H13Br2NOS/c17-13-12-14(20)10-7-19(6-9-4-2-1-3-5-9)8-11(10)15(12)21-16(13)18/h1-5,10-11H,6-8H2. The van der Waals surface area contributed by atoms with Crippen molar-refractivity contribution < 1.29 is 4.79 Å². The highest BCUT2D eigenvalue weighted by Gasteiger charge is 2.48. The van der Waals surface area contributed by atoms with Gasteiger partial charge in [-0.25, -0.2) is 0 Å². The average Bonchev–Trinajstić information content (AvgIpc) is 3.08. The summed E-state index contributed by atoms with van der Waals surface area (Å²) in [6.07, 6.45) is 0. The lowest BCUT2D eigenvalue weighted by molar-refractivity contribution is 0.0930. The fourth-order valence-corrected chi connectivity index (χ4v) is 6.05. The van der Waals surface area contributed by atoms with Gasteiger partial charge in [0.2, 0.25) is 0 Å². The van der Waals surface area contributed by atoms with E-state index in [4.69, 9.17) is 0 Å². The average molecular weight is 427 g/mol. The van der Waals surface area contributed by atoms with Crippen LogP contribution < -0.4 is 0 Å². The van der Waals surface area contributed by atoms with Crippen LogP contribution in [-0.2, 0) is 6.54 Å².